The van der Waals surface area contributed by atoms with Gasteiger partial charge in [-0.25, -0.2) is 0 Å². The third-order valence-electron chi connectivity index (χ3n) is 2.38. The molecule has 104 valence electrons. The first-order valence-electron chi connectivity index (χ1n) is 4.85. The van der Waals surface area contributed by atoms with Gasteiger partial charge in [-0.2, -0.15) is 0 Å². The molecule has 0 spiro atoms. The Balaban J connectivity index is 2.51. The molecule has 1 aliphatic heterocycles. The number of aliphatic hydroxyl groups excluding tert-OH is 1. The molecule has 0 saturated carbocycles. The maximum absolute atomic E-state index is 10.6. The standard InChI is InChI=1S/C6H13BO8P2Se/c1-3-5(8)4(14-6(3)7)2-13-17(12,18)15-16(9,10)11/h3-6,8H,2H2,1H3,(H,12,18)(H2,9,10,11)/t3?,4?,5-,6+,17?/m0/s1. The fraction of sp³-hybridized carbons (Fsp3) is 1.00. The summed E-state index contributed by atoms with van der Waals surface area (Å²) in [6.45, 7) is 1.37. The van der Waals surface area contributed by atoms with E-state index in [0.717, 1.165) is 0 Å². The van der Waals surface area contributed by atoms with Gasteiger partial charge in [-0.05, 0) is 0 Å². The summed E-state index contributed by atoms with van der Waals surface area (Å²) in [6, 6.07) is -0.663. The molecule has 5 atom stereocenters. The van der Waals surface area contributed by atoms with Crippen LogP contribution in [0.5, 0.6) is 0 Å². The molecule has 3 unspecified atom stereocenters. The van der Waals surface area contributed by atoms with E-state index < -0.39 is 32.2 Å². The fourth-order valence-electron chi connectivity index (χ4n) is 1.40. The first-order chi connectivity index (χ1) is 8.02. The second-order valence-corrected chi connectivity index (χ2v) is 9.56. The Morgan fingerprint density at radius 3 is 2.39 bits per heavy atom. The fourth-order valence-corrected chi connectivity index (χ4v) is 5.02. The van der Waals surface area contributed by atoms with E-state index in [1.165, 1.54) is 0 Å². The van der Waals surface area contributed by atoms with Crippen LogP contribution in [0.3, 0.4) is 0 Å². The molecule has 1 saturated heterocycles. The molecule has 18 heavy (non-hydrogen) atoms. The molecular weight excluding hydrogens is 352 g/mol. The van der Waals surface area contributed by atoms with E-state index in [2.05, 4.69) is 4.31 Å². The van der Waals surface area contributed by atoms with E-state index in [-0.39, 0.29) is 12.5 Å². The average molecular weight is 365 g/mol. The van der Waals surface area contributed by atoms with Crippen LogP contribution in [0.2, 0.25) is 0 Å². The molecule has 4 N–H and O–H groups in total. The van der Waals surface area contributed by atoms with Crippen LogP contribution in [0.1, 0.15) is 6.92 Å². The minimum atomic E-state index is -4.87. The van der Waals surface area contributed by atoms with Gasteiger partial charge in [0.25, 0.3) is 0 Å². The molecule has 0 bridgehead atoms. The van der Waals surface area contributed by atoms with Gasteiger partial charge < -0.3 is 0 Å². The first-order valence-corrected chi connectivity index (χ1v) is 10.2. The zero-order chi connectivity index (χ0) is 14.1. The van der Waals surface area contributed by atoms with Crippen LogP contribution >= 0.6 is 14.0 Å². The van der Waals surface area contributed by atoms with Gasteiger partial charge >= 0.3 is 113 Å². The van der Waals surface area contributed by atoms with Crippen LogP contribution in [0.25, 0.3) is 0 Å². The van der Waals surface area contributed by atoms with Gasteiger partial charge in [0.1, 0.15) is 0 Å². The molecule has 1 rings (SSSR count). The van der Waals surface area contributed by atoms with Crippen molar-refractivity contribution in [2.75, 3.05) is 6.61 Å². The average Bonchev–Trinajstić information content (AvgIpc) is 2.39. The zero-order valence-corrected chi connectivity index (χ0v) is 12.8. The van der Waals surface area contributed by atoms with Gasteiger partial charge in [0.05, 0.1) is 0 Å². The van der Waals surface area contributed by atoms with Crippen molar-refractivity contribution in [3.05, 3.63) is 0 Å². The summed E-state index contributed by atoms with van der Waals surface area (Å²) < 4.78 is 24.6. The van der Waals surface area contributed by atoms with Crippen molar-refractivity contribution in [1.29, 1.82) is 0 Å². The first kappa shape index (κ1) is 17.0. The Bertz CT molecular complexity index is 388. The van der Waals surface area contributed by atoms with Crippen LogP contribution < -0.4 is 0 Å². The van der Waals surface area contributed by atoms with Crippen molar-refractivity contribution < 1.29 is 37.9 Å². The minimum absolute atomic E-state index is 0.309. The molecule has 0 amide bonds. The van der Waals surface area contributed by atoms with Crippen molar-refractivity contribution >= 4 is 37.0 Å². The summed E-state index contributed by atoms with van der Waals surface area (Å²) in [5.74, 6) is -0.312. The SMILES string of the molecule is [B][C@@H]1OC(COP(O)(=[Se])OP(=O)(O)O)[C@@H](O)C1C. The third kappa shape index (κ3) is 5.15. The molecule has 1 aliphatic rings. The van der Waals surface area contributed by atoms with Gasteiger partial charge in [-0.3, -0.25) is 0 Å². The summed E-state index contributed by atoms with van der Waals surface area (Å²) in [6.07, 6.45) is -5.49. The van der Waals surface area contributed by atoms with E-state index >= 15 is 0 Å². The molecule has 0 aromatic carbocycles. The summed E-state index contributed by atoms with van der Waals surface area (Å²) in [7, 11) is 0.672. The van der Waals surface area contributed by atoms with Crippen molar-refractivity contribution in [2.24, 2.45) is 5.92 Å². The predicted molar refractivity (Wildman–Crippen MR) is 63.6 cm³/mol. The van der Waals surface area contributed by atoms with Crippen molar-refractivity contribution in [3.8, 4) is 0 Å². The van der Waals surface area contributed by atoms with E-state index in [1.807, 2.05) is 15.1 Å². The molecular formula is C6H13BO8P2Se. The van der Waals surface area contributed by atoms with E-state index in [4.69, 9.17) is 26.9 Å². The molecule has 1 fully saturated rings. The molecule has 1 heterocycles. The van der Waals surface area contributed by atoms with Crippen LogP contribution in [-0.2, 0) is 18.1 Å². The molecule has 0 aromatic rings. The topological polar surface area (TPSA) is 126 Å². The second kappa shape index (κ2) is 6.16. The number of phosphoric acid groups is 1. The normalized spacial score (nSPS) is 36.5. The Kier molecular flexibility index (Phi) is 5.83. The summed E-state index contributed by atoms with van der Waals surface area (Å²) in [5, 5.41) is 9.70. The van der Waals surface area contributed by atoms with Crippen LogP contribution in [-0.4, -0.2) is 67.5 Å². The van der Waals surface area contributed by atoms with Gasteiger partial charge in [-0.15, -0.1) is 0 Å². The van der Waals surface area contributed by atoms with Gasteiger partial charge in [0, 0.05) is 0 Å². The molecule has 0 aliphatic carbocycles. The Hall–Kier alpha value is 0.964. The van der Waals surface area contributed by atoms with Crippen molar-refractivity contribution in [3.63, 3.8) is 0 Å². The van der Waals surface area contributed by atoms with Gasteiger partial charge in [-0.1, -0.05) is 0 Å². The Morgan fingerprint density at radius 1 is 1.44 bits per heavy atom. The zero-order valence-electron chi connectivity index (χ0n) is 9.32. The Morgan fingerprint density at radius 2 is 2.00 bits per heavy atom. The van der Waals surface area contributed by atoms with E-state index in [0.29, 0.717) is 0 Å². The van der Waals surface area contributed by atoms with Crippen LogP contribution in [0.15, 0.2) is 0 Å². The summed E-state index contributed by atoms with van der Waals surface area (Å²) in [4.78, 5) is 26.6. The number of ether oxygens (including phenoxy) is 1. The number of rotatable bonds is 5. The van der Waals surface area contributed by atoms with Crippen molar-refractivity contribution in [1.82, 2.24) is 0 Å². The monoisotopic (exact) mass is 366 g/mol. The maximum atomic E-state index is 10.6. The molecule has 2 radical (unpaired) electrons. The second-order valence-electron chi connectivity index (χ2n) is 3.83. The Labute approximate surface area is 113 Å². The predicted octanol–water partition coefficient (Wildman–Crippen LogP) is -1.16. The van der Waals surface area contributed by atoms with Crippen LogP contribution in [0, 0.1) is 5.92 Å². The number of hydrogen-bond acceptors (Lipinski definition) is 6. The molecule has 8 nitrogen and oxygen atoms in total. The van der Waals surface area contributed by atoms with E-state index in [9.17, 15) is 14.6 Å². The quantitative estimate of drug-likeness (QED) is 0.355. The van der Waals surface area contributed by atoms with E-state index in [1.54, 1.807) is 6.92 Å². The van der Waals surface area contributed by atoms with Gasteiger partial charge in [0.2, 0.25) is 0 Å². The number of aliphatic hydroxyl groups is 1. The van der Waals surface area contributed by atoms with Crippen LogP contribution in [0.4, 0.5) is 0 Å². The number of hydrogen-bond donors (Lipinski definition) is 4. The van der Waals surface area contributed by atoms with Gasteiger partial charge in [0.15, 0.2) is 0 Å². The molecule has 0 aromatic heterocycles. The molecule has 12 heteroatoms. The summed E-state index contributed by atoms with van der Waals surface area (Å²) >= 11 is 2.03. The third-order valence-corrected chi connectivity index (χ3v) is 6.46. The summed E-state index contributed by atoms with van der Waals surface area (Å²) in [5.41, 5.74) is 0. The van der Waals surface area contributed by atoms with Crippen molar-refractivity contribution in [2.45, 2.75) is 25.1 Å².